The number of aliphatic hydroxyl groups is 5. The van der Waals surface area contributed by atoms with Crippen molar-refractivity contribution in [2.45, 2.75) is 288 Å². The third-order valence-electron chi connectivity index (χ3n) is 12.2. The molecule has 0 saturated carbocycles. The predicted molar refractivity (Wildman–Crippen MR) is 235 cm³/mol. The second-order valence-corrected chi connectivity index (χ2v) is 17.6. The first-order chi connectivity index (χ1) is 27.8. The molecule has 0 aromatic carbocycles. The summed E-state index contributed by atoms with van der Waals surface area (Å²) in [5.74, 6) is -0.139. The van der Waals surface area contributed by atoms with Crippen molar-refractivity contribution >= 4 is 5.91 Å². The number of hydrogen-bond donors (Lipinski definition) is 6. The monoisotopic (exact) mass is 814 g/mol. The number of amides is 1. The number of ether oxygens (including phenoxy) is 2. The van der Waals surface area contributed by atoms with E-state index < -0.39 is 49.5 Å². The van der Waals surface area contributed by atoms with E-state index in [0.717, 1.165) is 38.5 Å². The molecule has 6 N–H and O–H groups in total. The zero-order valence-electron chi connectivity index (χ0n) is 37.4. The first-order valence-corrected chi connectivity index (χ1v) is 24.7. The Morgan fingerprint density at radius 1 is 0.526 bits per heavy atom. The van der Waals surface area contributed by atoms with Crippen molar-refractivity contribution in [2.24, 2.45) is 0 Å². The van der Waals surface area contributed by atoms with E-state index in [1.165, 1.54) is 180 Å². The third kappa shape index (κ3) is 30.0. The summed E-state index contributed by atoms with van der Waals surface area (Å²) in [4.78, 5) is 13.0. The van der Waals surface area contributed by atoms with Crippen LogP contribution >= 0.6 is 0 Å². The molecule has 9 nitrogen and oxygen atoms in total. The first kappa shape index (κ1) is 54.2. The second-order valence-electron chi connectivity index (χ2n) is 17.6. The molecule has 1 rings (SSSR count). The van der Waals surface area contributed by atoms with Crippen molar-refractivity contribution in [2.75, 3.05) is 13.2 Å². The van der Waals surface area contributed by atoms with Gasteiger partial charge in [0, 0.05) is 6.42 Å². The van der Waals surface area contributed by atoms with Crippen LogP contribution in [0.2, 0.25) is 0 Å². The second kappa shape index (κ2) is 39.3. The van der Waals surface area contributed by atoms with Crippen molar-refractivity contribution in [1.29, 1.82) is 0 Å². The topological polar surface area (TPSA) is 149 Å². The van der Waals surface area contributed by atoms with Gasteiger partial charge in [-0.1, -0.05) is 226 Å². The summed E-state index contributed by atoms with van der Waals surface area (Å²) in [6.45, 7) is 3.86. The Morgan fingerprint density at radius 2 is 0.877 bits per heavy atom. The number of nitrogens with one attached hydrogen (secondary N) is 1. The van der Waals surface area contributed by atoms with E-state index >= 15 is 0 Å². The number of carbonyl (C=O) groups excluding carboxylic acids is 1. The molecule has 0 spiro atoms. The van der Waals surface area contributed by atoms with Crippen LogP contribution in [0.3, 0.4) is 0 Å². The van der Waals surface area contributed by atoms with E-state index in [1.807, 2.05) is 0 Å². The largest absolute Gasteiger partial charge is 0.394 e. The van der Waals surface area contributed by atoms with Crippen LogP contribution in [0.1, 0.15) is 245 Å². The molecule has 0 radical (unpaired) electrons. The van der Waals surface area contributed by atoms with E-state index in [0.29, 0.717) is 12.8 Å². The summed E-state index contributed by atoms with van der Waals surface area (Å²) in [7, 11) is 0. The average molecular weight is 814 g/mol. The number of carbonyl (C=O) groups is 1. The number of aliphatic hydroxyl groups excluding tert-OH is 5. The minimum Gasteiger partial charge on any atom is -0.394 e. The molecule has 0 aromatic heterocycles. The van der Waals surface area contributed by atoms with Crippen LogP contribution in [0.5, 0.6) is 0 Å². The van der Waals surface area contributed by atoms with Gasteiger partial charge in [-0.05, 0) is 12.8 Å². The zero-order valence-corrected chi connectivity index (χ0v) is 37.4. The van der Waals surface area contributed by atoms with E-state index in [9.17, 15) is 30.3 Å². The molecule has 1 amide bonds. The van der Waals surface area contributed by atoms with Crippen LogP contribution in [0.15, 0.2) is 0 Å². The molecule has 57 heavy (non-hydrogen) atoms. The number of unbranched alkanes of at least 4 members (excludes halogenated alkanes) is 32. The van der Waals surface area contributed by atoms with Crippen molar-refractivity contribution in [3.8, 4) is 0 Å². The van der Waals surface area contributed by atoms with Gasteiger partial charge < -0.3 is 40.3 Å². The standard InChI is InChI=1S/C48H95NO8/c1-3-5-7-9-11-13-15-17-19-21-23-25-27-29-31-33-35-37-42(51)41(40-56-48-47(55)46(54)45(53)43(39-50)57-48)49-44(52)38-36-34-32-30-28-26-24-22-20-18-16-14-12-10-8-6-4-2/h41-43,45-48,50-51,53-55H,3-40H2,1-2H3,(H,49,52). The Balaban J connectivity index is 2.28. The van der Waals surface area contributed by atoms with Crippen molar-refractivity contribution in [3.63, 3.8) is 0 Å². The van der Waals surface area contributed by atoms with Gasteiger partial charge in [0.25, 0.3) is 0 Å². The Bertz CT molecular complexity index is 862. The highest BCUT2D eigenvalue weighted by Crippen LogP contribution is 2.23. The maximum atomic E-state index is 13.0. The maximum absolute atomic E-state index is 13.0. The first-order valence-electron chi connectivity index (χ1n) is 24.7. The van der Waals surface area contributed by atoms with Crippen molar-refractivity contribution < 1.29 is 39.8 Å². The van der Waals surface area contributed by atoms with Crippen LogP contribution in [-0.4, -0.2) is 87.5 Å². The quantitative estimate of drug-likeness (QED) is 0.0334. The molecule has 9 heteroatoms. The highest BCUT2D eigenvalue weighted by atomic mass is 16.7. The summed E-state index contributed by atoms with van der Waals surface area (Å²) in [6, 6.07) is -0.711. The van der Waals surface area contributed by atoms with Gasteiger partial charge in [0.05, 0.1) is 25.4 Å². The molecule has 7 atom stereocenters. The van der Waals surface area contributed by atoms with Crippen LogP contribution in [0, 0.1) is 0 Å². The summed E-state index contributed by atoms with van der Waals surface area (Å²) >= 11 is 0. The fourth-order valence-electron chi connectivity index (χ4n) is 8.22. The normalized spacial score (nSPS) is 20.9. The Hall–Kier alpha value is -0.810. The third-order valence-corrected chi connectivity index (χ3v) is 12.2. The lowest BCUT2D eigenvalue weighted by Crippen LogP contribution is -2.60. The summed E-state index contributed by atoms with van der Waals surface area (Å²) in [5.41, 5.74) is 0. The van der Waals surface area contributed by atoms with E-state index in [2.05, 4.69) is 19.2 Å². The lowest BCUT2D eigenvalue weighted by atomic mass is 9.99. The highest BCUT2D eigenvalue weighted by molar-refractivity contribution is 5.76. The number of rotatable bonds is 42. The van der Waals surface area contributed by atoms with Crippen LogP contribution in [0.4, 0.5) is 0 Å². The SMILES string of the molecule is CCCCCCCCCCCCCCCCCCCC(=O)NC(COC1OC(CO)C(O)C(O)C1O)C(O)CCCCCCCCCCCCCCCCCCC. The van der Waals surface area contributed by atoms with Gasteiger partial charge >= 0.3 is 0 Å². The van der Waals surface area contributed by atoms with Gasteiger partial charge in [0.2, 0.25) is 5.91 Å². The van der Waals surface area contributed by atoms with Gasteiger partial charge in [-0.2, -0.15) is 0 Å². The molecule has 0 bridgehead atoms. The molecule has 340 valence electrons. The minimum absolute atomic E-state index is 0.131. The Morgan fingerprint density at radius 3 is 1.25 bits per heavy atom. The summed E-state index contributed by atoms with van der Waals surface area (Å²) in [5, 5.41) is 54.4. The molecule has 1 fully saturated rings. The molecule has 0 aliphatic carbocycles. The fourth-order valence-corrected chi connectivity index (χ4v) is 8.22. The zero-order chi connectivity index (χ0) is 41.6. The molecule has 1 aliphatic heterocycles. The van der Waals surface area contributed by atoms with Crippen LogP contribution in [-0.2, 0) is 14.3 Å². The van der Waals surface area contributed by atoms with E-state index in [1.54, 1.807) is 0 Å². The van der Waals surface area contributed by atoms with Crippen LogP contribution < -0.4 is 5.32 Å². The van der Waals surface area contributed by atoms with E-state index in [4.69, 9.17) is 9.47 Å². The van der Waals surface area contributed by atoms with Gasteiger partial charge in [-0.15, -0.1) is 0 Å². The summed E-state index contributed by atoms with van der Waals surface area (Å²) < 4.78 is 11.3. The molecular weight excluding hydrogens is 719 g/mol. The fraction of sp³-hybridized carbons (Fsp3) is 0.979. The van der Waals surface area contributed by atoms with Gasteiger partial charge in [-0.25, -0.2) is 0 Å². The van der Waals surface area contributed by atoms with Gasteiger partial charge in [0.15, 0.2) is 6.29 Å². The smallest absolute Gasteiger partial charge is 0.220 e. The molecule has 0 aromatic rings. The van der Waals surface area contributed by atoms with E-state index in [-0.39, 0.29) is 12.5 Å². The maximum Gasteiger partial charge on any atom is 0.220 e. The molecule has 1 saturated heterocycles. The molecular formula is C48H95NO8. The Kier molecular flexibility index (Phi) is 37.4. The molecule has 1 aliphatic rings. The number of hydrogen-bond acceptors (Lipinski definition) is 8. The highest BCUT2D eigenvalue weighted by Gasteiger charge is 2.44. The lowest BCUT2D eigenvalue weighted by Gasteiger charge is -2.40. The lowest BCUT2D eigenvalue weighted by molar-refractivity contribution is -0.302. The average Bonchev–Trinajstić information content (AvgIpc) is 3.21. The Labute approximate surface area is 351 Å². The predicted octanol–water partition coefficient (Wildman–Crippen LogP) is 10.7. The minimum atomic E-state index is -1.55. The van der Waals surface area contributed by atoms with Gasteiger partial charge in [-0.3, -0.25) is 4.79 Å². The van der Waals surface area contributed by atoms with Crippen LogP contribution in [0.25, 0.3) is 0 Å². The van der Waals surface area contributed by atoms with Crippen molar-refractivity contribution in [3.05, 3.63) is 0 Å². The molecule has 7 unspecified atom stereocenters. The molecule has 1 heterocycles. The van der Waals surface area contributed by atoms with Crippen molar-refractivity contribution in [1.82, 2.24) is 5.32 Å². The van der Waals surface area contributed by atoms with Gasteiger partial charge in [0.1, 0.15) is 24.4 Å². The summed E-state index contributed by atoms with van der Waals surface area (Å²) in [6.07, 6.45) is 36.8.